The molecule has 0 saturated heterocycles. The molecule has 0 aliphatic heterocycles. The Morgan fingerprint density at radius 2 is 1.24 bits per heavy atom. The van der Waals surface area contributed by atoms with Crippen molar-refractivity contribution < 1.29 is 19.0 Å². The molecule has 29 heavy (non-hydrogen) atoms. The third-order valence-electron chi connectivity index (χ3n) is 4.57. The smallest absolute Gasteiger partial charge is 0.334 e. The Morgan fingerprint density at radius 3 is 1.69 bits per heavy atom. The molecule has 4 nitrogen and oxygen atoms in total. The third kappa shape index (κ3) is 5.26. The molecule has 0 spiro atoms. The lowest BCUT2D eigenvalue weighted by molar-refractivity contribution is -0.142. The molecule has 0 radical (unpaired) electrons. The molecule has 0 unspecified atom stereocenters. The van der Waals surface area contributed by atoms with E-state index < -0.39 is 6.10 Å². The summed E-state index contributed by atoms with van der Waals surface area (Å²) in [6, 6.07) is 24.7. The lowest BCUT2D eigenvalue weighted by Gasteiger charge is -2.20. The van der Waals surface area contributed by atoms with Crippen molar-refractivity contribution in [2.24, 2.45) is 0 Å². The Hall–Kier alpha value is -3.53. The van der Waals surface area contributed by atoms with Gasteiger partial charge in [0.2, 0.25) is 0 Å². The standard InChI is InChI=1S/C25H24O4/c1-18(17-19-7-5-4-6-8-19)25(26)29-24(20-9-13-22(27-2)14-10-20)21-11-15-23(28-3)16-12-21/h4-17,24H,1-3H3/b18-17+. The van der Waals surface area contributed by atoms with Gasteiger partial charge in [0.05, 0.1) is 14.2 Å². The minimum atomic E-state index is -0.543. The van der Waals surface area contributed by atoms with Crippen molar-refractivity contribution in [2.45, 2.75) is 13.0 Å². The second-order valence-electron chi connectivity index (χ2n) is 6.57. The summed E-state index contributed by atoms with van der Waals surface area (Å²) < 4.78 is 16.4. The molecule has 0 aliphatic carbocycles. The molecule has 4 heteroatoms. The summed E-state index contributed by atoms with van der Waals surface area (Å²) in [7, 11) is 3.24. The quantitative estimate of drug-likeness (QED) is 0.399. The van der Waals surface area contributed by atoms with Gasteiger partial charge in [-0.2, -0.15) is 0 Å². The number of methoxy groups -OCH3 is 2. The van der Waals surface area contributed by atoms with Crippen LogP contribution in [-0.4, -0.2) is 20.2 Å². The number of carbonyl (C=O) groups is 1. The summed E-state index contributed by atoms with van der Waals surface area (Å²) in [5.41, 5.74) is 3.20. The van der Waals surface area contributed by atoms with Crippen LogP contribution in [-0.2, 0) is 9.53 Å². The van der Waals surface area contributed by atoms with E-state index in [1.165, 1.54) is 0 Å². The van der Waals surface area contributed by atoms with E-state index in [-0.39, 0.29) is 5.97 Å². The lowest BCUT2D eigenvalue weighted by Crippen LogP contribution is -2.13. The van der Waals surface area contributed by atoms with Crippen LogP contribution in [0.15, 0.2) is 84.4 Å². The van der Waals surface area contributed by atoms with Gasteiger partial charge in [-0.05, 0) is 54.0 Å². The fourth-order valence-electron chi connectivity index (χ4n) is 2.94. The first kappa shape index (κ1) is 20.2. The van der Waals surface area contributed by atoms with Crippen LogP contribution in [0.3, 0.4) is 0 Å². The molecule has 0 heterocycles. The van der Waals surface area contributed by atoms with Crippen LogP contribution >= 0.6 is 0 Å². The Morgan fingerprint density at radius 1 is 0.759 bits per heavy atom. The van der Waals surface area contributed by atoms with Gasteiger partial charge in [0.1, 0.15) is 11.5 Å². The van der Waals surface area contributed by atoms with Gasteiger partial charge < -0.3 is 14.2 Å². The van der Waals surface area contributed by atoms with Crippen molar-refractivity contribution in [1.82, 2.24) is 0 Å². The summed E-state index contributed by atoms with van der Waals surface area (Å²) in [5, 5.41) is 0. The number of hydrogen-bond acceptors (Lipinski definition) is 4. The Bertz CT molecular complexity index is 910. The van der Waals surface area contributed by atoms with Gasteiger partial charge >= 0.3 is 5.97 Å². The van der Waals surface area contributed by atoms with Crippen LogP contribution in [0.25, 0.3) is 6.08 Å². The maximum Gasteiger partial charge on any atom is 0.334 e. The van der Waals surface area contributed by atoms with Gasteiger partial charge in [-0.25, -0.2) is 4.79 Å². The number of rotatable bonds is 7. The number of hydrogen-bond donors (Lipinski definition) is 0. The van der Waals surface area contributed by atoms with E-state index in [1.807, 2.05) is 84.9 Å². The minimum absolute atomic E-state index is 0.370. The number of benzene rings is 3. The topological polar surface area (TPSA) is 44.8 Å². The molecule has 3 rings (SSSR count). The second kappa shape index (κ2) is 9.60. The van der Waals surface area contributed by atoms with Gasteiger partial charge in [-0.15, -0.1) is 0 Å². The molecule has 0 amide bonds. The fraction of sp³-hybridized carbons (Fsp3) is 0.160. The summed E-state index contributed by atoms with van der Waals surface area (Å²) in [6.07, 6.45) is 1.28. The molecule has 0 N–H and O–H groups in total. The van der Waals surface area contributed by atoms with E-state index in [1.54, 1.807) is 21.1 Å². The number of ether oxygens (including phenoxy) is 3. The first-order chi connectivity index (χ1) is 14.1. The van der Waals surface area contributed by atoms with E-state index in [9.17, 15) is 4.79 Å². The normalized spacial score (nSPS) is 11.2. The average Bonchev–Trinajstić information content (AvgIpc) is 2.78. The maximum absolute atomic E-state index is 12.8. The molecule has 0 bridgehead atoms. The molecule has 0 aromatic heterocycles. The van der Waals surface area contributed by atoms with Gasteiger partial charge in [-0.3, -0.25) is 0 Å². The van der Waals surface area contributed by atoms with Gasteiger partial charge in [0.15, 0.2) is 6.10 Å². The highest BCUT2D eigenvalue weighted by molar-refractivity contribution is 5.93. The highest BCUT2D eigenvalue weighted by Gasteiger charge is 2.20. The van der Waals surface area contributed by atoms with Crippen molar-refractivity contribution in [3.05, 3.63) is 101 Å². The monoisotopic (exact) mass is 388 g/mol. The van der Waals surface area contributed by atoms with Crippen molar-refractivity contribution in [3.8, 4) is 11.5 Å². The largest absolute Gasteiger partial charge is 0.497 e. The molecular weight excluding hydrogens is 364 g/mol. The Labute approximate surface area is 171 Å². The van der Waals surface area contributed by atoms with E-state index in [2.05, 4.69) is 0 Å². The number of carbonyl (C=O) groups excluding carboxylic acids is 1. The first-order valence-electron chi connectivity index (χ1n) is 9.33. The molecule has 0 fully saturated rings. The highest BCUT2D eigenvalue weighted by Crippen LogP contribution is 2.30. The Kier molecular flexibility index (Phi) is 6.69. The third-order valence-corrected chi connectivity index (χ3v) is 4.57. The molecule has 0 aliphatic rings. The van der Waals surface area contributed by atoms with E-state index in [0.717, 1.165) is 28.2 Å². The molecule has 148 valence electrons. The van der Waals surface area contributed by atoms with Crippen LogP contribution in [0.4, 0.5) is 0 Å². The van der Waals surface area contributed by atoms with Crippen molar-refractivity contribution in [2.75, 3.05) is 14.2 Å². The fourth-order valence-corrected chi connectivity index (χ4v) is 2.94. The van der Waals surface area contributed by atoms with E-state index in [4.69, 9.17) is 14.2 Å². The number of esters is 1. The van der Waals surface area contributed by atoms with E-state index >= 15 is 0 Å². The Balaban J connectivity index is 1.89. The van der Waals surface area contributed by atoms with Gasteiger partial charge in [-0.1, -0.05) is 54.6 Å². The zero-order valence-electron chi connectivity index (χ0n) is 16.8. The zero-order valence-corrected chi connectivity index (χ0v) is 16.8. The predicted octanol–water partition coefficient (Wildman–Crippen LogP) is 5.44. The SMILES string of the molecule is COc1ccc(C(OC(=O)/C(C)=C/c2ccccc2)c2ccc(OC)cc2)cc1. The highest BCUT2D eigenvalue weighted by atomic mass is 16.5. The van der Waals surface area contributed by atoms with Crippen LogP contribution in [0.1, 0.15) is 29.7 Å². The lowest BCUT2D eigenvalue weighted by atomic mass is 10.0. The van der Waals surface area contributed by atoms with Crippen LogP contribution in [0.2, 0.25) is 0 Å². The van der Waals surface area contributed by atoms with Crippen LogP contribution in [0.5, 0.6) is 11.5 Å². The van der Waals surface area contributed by atoms with E-state index in [0.29, 0.717) is 5.57 Å². The maximum atomic E-state index is 12.8. The van der Waals surface area contributed by atoms with Crippen molar-refractivity contribution in [1.29, 1.82) is 0 Å². The minimum Gasteiger partial charge on any atom is -0.497 e. The first-order valence-corrected chi connectivity index (χ1v) is 9.33. The van der Waals surface area contributed by atoms with Crippen LogP contribution in [0, 0.1) is 0 Å². The molecular formula is C25H24O4. The molecule has 3 aromatic rings. The second-order valence-corrected chi connectivity index (χ2v) is 6.57. The molecule has 3 aromatic carbocycles. The summed E-state index contributed by atoms with van der Waals surface area (Å²) >= 11 is 0. The average molecular weight is 388 g/mol. The predicted molar refractivity (Wildman–Crippen MR) is 114 cm³/mol. The van der Waals surface area contributed by atoms with Crippen molar-refractivity contribution in [3.63, 3.8) is 0 Å². The summed E-state index contributed by atoms with van der Waals surface area (Å²) in [6.45, 7) is 1.76. The molecule has 0 atom stereocenters. The molecule has 0 saturated carbocycles. The van der Waals surface area contributed by atoms with Gasteiger partial charge in [0.25, 0.3) is 0 Å². The summed E-state index contributed by atoms with van der Waals surface area (Å²) in [5.74, 6) is 1.12. The van der Waals surface area contributed by atoms with Gasteiger partial charge in [0, 0.05) is 5.57 Å². The summed E-state index contributed by atoms with van der Waals surface area (Å²) in [4.78, 5) is 12.8. The van der Waals surface area contributed by atoms with Crippen LogP contribution < -0.4 is 9.47 Å². The zero-order chi connectivity index (χ0) is 20.6. The van der Waals surface area contributed by atoms with Crippen molar-refractivity contribution >= 4 is 12.0 Å².